The van der Waals surface area contributed by atoms with Crippen molar-refractivity contribution in [3.63, 3.8) is 0 Å². The van der Waals surface area contributed by atoms with E-state index < -0.39 is 5.97 Å². The lowest BCUT2D eigenvalue weighted by atomic mass is 10.2. The maximum Gasteiger partial charge on any atom is 0.308 e. The zero-order valence-corrected chi connectivity index (χ0v) is 11.1. The fourth-order valence-electron chi connectivity index (χ4n) is 1.59. The molecule has 0 saturated carbocycles. The average molecular weight is 257 g/mol. The van der Waals surface area contributed by atoms with Gasteiger partial charge in [-0.05, 0) is 26.0 Å². The summed E-state index contributed by atoms with van der Waals surface area (Å²) in [6.07, 6.45) is 1.43. The van der Waals surface area contributed by atoms with Crippen molar-refractivity contribution in [3.05, 3.63) is 41.9 Å². The summed E-state index contributed by atoms with van der Waals surface area (Å²) in [7, 11) is 0. The first kappa shape index (κ1) is 13.0. The molecule has 0 fully saturated rings. The third kappa shape index (κ3) is 3.28. The first-order valence-electron chi connectivity index (χ1n) is 5.90. The third-order valence-corrected chi connectivity index (χ3v) is 2.54. The van der Waals surface area contributed by atoms with Crippen LogP contribution in [0.2, 0.25) is 0 Å². The van der Waals surface area contributed by atoms with Crippen molar-refractivity contribution < 1.29 is 9.53 Å². The summed E-state index contributed by atoms with van der Waals surface area (Å²) in [5.41, 5.74) is 2.65. The molecule has 98 valence electrons. The Morgan fingerprint density at radius 2 is 1.84 bits per heavy atom. The molecular weight excluding hydrogens is 242 g/mol. The monoisotopic (exact) mass is 257 g/mol. The van der Waals surface area contributed by atoms with Gasteiger partial charge in [-0.15, -0.1) is 0 Å². The van der Waals surface area contributed by atoms with Gasteiger partial charge in [-0.3, -0.25) is 4.79 Å². The normalized spacial score (nSPS) is 10.1. The van der Waals surface area contributed by atoms with Gasteiger partial charge in [0.05, 0.1) is 5.69 Å². The Hall–Kier alpha value is -2.43. The minimum atomic E-state index is -0.398. The van der Waals surface area contributed by atoms with Crippen LogP contribution in [-0.4, -0.2) is 15.9 Å². The molecule has 5 nitrogen and oxygen atoms in total. The van der Waals surface area contributed by atoms with Crippen LogP contribution in [0.3, 0.4) is 0 Å². The third-order valence-electron chi connectivity index (χ3n) is 2.54. The van der Waals surface area contributed by atoms with E-state index in [-0.39, 0.29) is 0 Å². The van der Waals surface area contributed by atoms with E-state index in [1.807, 2.05) is 31.2 Å². The van der Waals surface area contributed by atoms with E-state index in [1.165, 1.54) is 18.8 Å². The first-order valence-corrected chi connectivity index (χ1v) is 5.90. The second kappa shape index (κ2) is 5.48. The van der Waals surface area contributed by atoms with E-state index in [0.717, 1.165) is 5.69 Å². The Kier molecular flexibility index (Phi) is 3.75. The molecule has 19 heavy (non-hydrogen) atoms. The Bertz CT molecular complexity index is 594. The molecular formula is C14H15N3O2. The number of esters is 1. The largest absolute Gasteiger partial charge is 0.421 e. The molecule has 0 atom stereocenters. The summed E-state index contributed by atoms with van der Waals surface area (Å²) >= 11 is 0. The minimum Gasteiger partial charge on any atom is -0.421 e. The number of benzene rings is 1. The summed E-state index contributed by atoms with van der Waals surface area (Å²) in [6.45, 7) is 5.13. The lowest BCUT2D eigenvalue weighted by Gasteiger charge is -2.11. The molecule has 0 saturated heterocycles. The number of nitrogens with one attached hydrogen (secondary N) is 1. The number of nitrogens with zero attached hydrogens (tertiary/aromatic N) is 2. The van der Waals surface area contributed by atoms with Crippen molar-refractivity contribution >= 4 is 17.5 Å². The topological polar surface area (TPSA) is 64.1 Å². The molecule has 5 heteroatoms. The van der Waals surface area contributed by atoms with Gasteiger partial charge < -0.3 is 10.1 Å². The second-order valence-corrected chi connectivity index (χ2v) is 4.22. The van der Waals surface area contributed by atoms with Crippen molar-refractivity contribution in [2.45, 2.75) is 20.8 Å². The highest BCUT2D eigenvalue weighted by Gasteiger charge is 2.12. The number of hydrogen-bond acceptors (Lipinski definition) is 5. The van der Waals surface area contributed by atoms with Crippen LogP contribution in [0.4, 0.5) is 11.5 Å². The molecule has 0 spiro atoms. The van der Waals surface area contributed by atoms with Crippen molar-refractivity contribution in [3.8, 4) is 5.75 Å². The van der Waals surface area contributed by atoms with E-state index in [4.69, 9.17) is 4.74 Å². The predicted octanol–water partition coefficient (Wildman–Crippen LogP) is 2.76. The Morgan fingerprint density at radius 1 is 1.16 bits per heavy atom. The highest BCUT2D eigenvalue weighted by atomic mass is 16.5. The van der Waals surface area contributed by atoms with Crippen LogP contribution < -0.4 is 10.1 Å². The molecule has 0 radical (unpaired) electrons. The Morgan fingerprint density at radius 3 is 2.47 bits per heavy atom. The van der Waals surface area contributed by atoms with Crippen molar-refractivity contribution in [2.24, 2.45) is 0 Å². The molecule has 0 amide bonds. The number of aryl methyl sites for hydroxylation is 2. The first-order chi connectivity index (χ1) is 9.06. The quantitative estimate of drug-likeness (QED) is 0.856. The number of anilines is 2. The lowest BCUT2D eigenvalue weighted by Crippen LogP contribution is -2.07. The van der Waals surface area contributed by atoms with Crippen molar-refractivity contribution in [2.75, 3.05) is 5.32 Å². The van der Waals surface area contributed by atoms with Crippen LogP contribution in [0.5, 0.6) is 5.75 Å². The maximum absolute atomic E-state index is 11.1. The molecule has 0 bridgehead atoms. The molecule has 0 aliphatic carbocycles. The zero-order valence-electron chi connectivity index (χ0n) is 11.1. The number of rotatable bonds is 3. The van der Waals surface area contributed by atoms with E-state index in [9.17, 15) is 4.79 Å². The molecule has 2 aromatic rings. The van der Waals surface area contributed by atoms with Crippen LogP contribution in [-0.2, 0) is 4.79 Å². The summed E-state index contributed by atoms with van der Waals surface area (Å²) in [4.78, 5) is 19.2. The standard InChI is InChI=1S/C14H15N3O2/c1-9-4-6-12(7-5-9)17-14-13(19-11(3)18)10(2)15-8-16-14/h4-8H,1-3H3,(H,15,16,17). The van der Waals surface area contributed by atoms with Gasteiger partial charge in [-0.2, -0.15) is 0 Å². The smallest absolute Gasteiger partial charge is 0.308 e. The molecule has 0 aliphatic rings. The number of hydrogen-bond donors (Lipinski definition) is 1. The van der Waals surface area contributed by atoms with E-state index in [0.29, 0.717) is 17.3 Å². The molecule has 1 aromatic carbocycles. The summed E-state index contributed by atoms with van der Waals surface area (Å²) in [6, 6.07) is 7.85. The van der Waals surface area contributed by atoms with Crippen LogP contribution in [0.1, 0.15) is 18.2 Å². The van der Waals surface area contributed by atoms with Gasteiger partial charge in [0.15, 0.2) is 11.6 Å². The maximum atomic E-state index is 11.1. The minimum absolute atomic E-state index is 0.357. The van der Waals surface area contributed by atoms with Gasteiger partial charge in [0.1, 0.15) is 6.33 Å². The number of carbonyl (C=O) groups is 1. The second-order valence-electron chi connectivity index (χ2n) is 4.22. The molecule has 1 heterocycles. The van der Waals surface area contributed by atoms with E-state index in [1.54, 1.807) is 6.92 Å². The Balaban J connectivity index is 2.31. The molecule has 2 rings (SSSR count). The van der Waals surface area contributed by atoms with Crippen molar-refractivity contribution in [1.82, 2.24) is 9.97 Å². The SMILES string of the molecule is CC(=O)Oc1c(C)ncnc1Nc1ccc(C)cc1. The fourth-order valence-corrected chi connectivity index (χ4v) is 1.59. The fraction of sp³-hybridized carbons (Fsp3) is 0.214. The van der Waals surface area contributed by atoms with Crippen LogP contribution in [0, 0.1) is 13.8 Å². The summed E-state index contributed by atoms with van der Waals surface area (Å²) < 4.78 is 5.15. The van der Waals surface area contributed by atoms with Crippen LogP contribution in [0.15, 0.2) is 30.6 Å². The van der Waals surface area contributed by atoms with Crippen LogP contribution in [0.25, 0.3) is 0 Å². The number of aromatic nitrogens is 2. The molecule has 1 aromatic heterocycles. The molecule has 0 unspecified atom stereocenters. The highest BCUT2D eigenvalue weighted by Crippen LogP contribution is 2.27. The molecule has 1 N–H and O–H groups in total. The van der Waals surface area contributed by atoms with Gasteiger partial charge in [0, 0.05) is 12.6 Å². The average Bonchev–Trinajstić information content (AvgIpc) is 2.36. The molecule has 0 aliphatic heterocycles. The van der Waals surface area contributed by atoms with Crippen LogP contribution >= 0.6 is 0 Å². The lowest BCUT2D eigenvalue weighted by molar-refractivity contribution is -0.131. The summed E-state index contributed by atoms with van der Waals surface area (Å²) in [5, 5.41) is 3.12. The number of carbonyl (C=O) groups excluding carboxylic acids is 1. The predicted molar refractivity (Wildman–Crippen MR) is 72.5 cm³/mol. The van der Waals surface area contributed by atoms with Gasteiger partial charge in [-0.1, -0.05) is 17.7 Å². The van der Waals surface area contributed by atoms with Gasteiger partial charge in [0.25, 0.3) is 0 Å². The van der Waals surface area contributed by atoms with Gasteiger partial charge >= 0.3 is 5.97 Å². The summed E-state index contributed by atoms with van der Waals surface area (Å²) in [5.74, 6) is 0.437. The Labute approximate surface area is 111 Å². The van der Waals surface area contributed by atoms with Gasteiger partial charge in [0.2, 0.25) is 0 Å². The number of ether oxygens (including phenoxy) is 1. The van der Waals surface area contributed by atoms with Crippen molar-refractivity contribution in [1.29, 1.82) is 0 Å². The van der Waals surface area contributed by atoms with E-state index in [2.05, 4.69) is 15.3 Å². The zero-order chi connectivity index (χ0) is 13.8. The highest BCUT2D eigenvalue weighted by molar-refractivity contribution is 5.73. The van der Waals surface area contributed by atoms with E-state index >= 15 is 0 Å². The van der Waals surface area contributed by atoms with Gasteiger partial charge in [-0.25, -0.2) is 9.97 Å².